The van der Waals surface area contributed by atoms with Crippen molar-refractivity contribution in [3.63, 3.8) is 0 Å². The smallest absolute Gasteiger partial charge is 0.417 e. The summed E-state index contributed by atoms with van der Waals surface area (Å²) in [4.78, 5) is 26.8. The predicted molar refractivity (Wildman–Crippen MR) is 94.1 cm³/mol. The number of methoxy groups -OCH3 is 1. The van der Waals surface area contributed by atoms with E-state index in [4.69, 9.17) is 14.0 Å². The van der Waals surface area contributed by atoms with E-state index in [9.17, 15) is 9.59 Å². The van der Waals surface area contributed by atoms with Gasteiger partial charge in [-0.25, -0.2) is 9.69 Å². The fourth-order valence-electron chi connectivity index (χ4n) is 2.96. The number of nitrogens with zero attached hydrogens (tertiary/aromatic N) is 2. The van der Waals surface area contributed by atoms with Gasteiger partial charge in [-0.3, -0.25) is 4.79 Å². The van der Waals surface area contributed by atoms with Crippen molar-refractivity contribution in [2.45, 2.75) is 45.8 Å². The zero-order valence-corrected chi connectivity index (χ0v) is 15.5. The first-order valence-electron chi connectivity index (χ1n) is 8.41. The highest BCUT2D eigenvalue weighted by atomic mass is 16.6. The third kappa shape index (κ3) is 3.16. The first-order valence-corrected chi connectivity index (χ1v) is 8.41. The highest BCUT2D eigenvalue weighted by molar-refractivity contribution is 6.08. The first-order chi connectivity index (χ1) is 12.2. The SMILES string of the molecule is COc1ccccc1-c1noc2c1C(=O)N(C(=O)OC(C)(C)C)C(C)C2. The molecule has 2 aromatic rings. The van der Waals surface area contributed by atoms with E-state index < -0.39 is 17.6 Å². The maximum Gasteiger partial charge on any atom is 0.417 e. The molecule has 0 radical (unpaired) electrons. The quantitative estimate of drug-likeness (QED) is 0.815. The standard InChI is InChI=1S/C19H22N2O5/c1-11-10-14-15(17(22)21(11)18(23)25-19(2,3)4)16(20-26-14)12-8-6-7-9-13(12)24-5/h6-9,11H,10H2,1-5H3. The van der Waals surface area contributed by atoms with Crippen molar-refractivity contribution < 1.29 is 23.6 Å². The Morgan fingerprint density at radius 1 is 1.31 bits per heavy atom. The number of para-hydroxylation sites is 1. The van der Waals surface area contributed by atoms with Crippen molar-refractivity contribution in [1.82, 2.24) is 10.1 Å². The Kier molecular flexibility index (Phi) is 4.48. The van der Waals surface area contributed by atoms with Gasteiger partial charge in [-0.05, 0) is 39.8 Å². The predicted octanol–water partition coefficient (Wildman–Crippen LogP) is 3.67. The Hall–Kier alpha value is -2.83. The van der Waals surface area contributed by atoms with Gasteiger partial charge in [0.1, 0.15) is 22.6 Å². The van der Waals surface area contributed by atoms with Gasteiger partial charge in [0.05, 0.1) is 7.11 Å². The van der Waals surface area contributed by atoms with Crippen LogP contribution in [0.15, 0.2) is 28.8 Å². The van der Waals surface area contributed by atoms with Gasteiger partial charge in [-0.1, -0.05) is 17.3 Å². The second-order valence-electron chi connectivity index (χ2n) is 7.24. The van der Waals surface area contributed by atoms with Crippen LogP contribution >= 0.6 is 0 Å². The summed E-state index contributed by atoms with van der Waals surface area (Å²) >= 11 is 0. The molecule has 0 fully saturated rings. The lowest BCUT2D eigenvalue weighted by Gasteiger charge is -2.32. The molecule has 3 rings (SSSR count). The van der Waals surface area contributed by atoms with E-state index in [1.165, 1.54) is 0 Å². The number of hydrogen-bond donors (Lipinski definition) is 0. The summed E-state index contributed by atoms with van der Waals surface area (Å²) in [5, 5.41) is 4.08. The van der Waals surface area contributed by atoms with Crippen LogP contribution in [0.5, 0.6) is 5.75 Å². The molecular formula is C19H22N2O5. The number of aromatic nitrogens is 1. The molecule has 138 valence electrons. The minimum atomic E-state index is -0.697. The van der Waals surface area contributed by atoms with E-state index in [2.05, 4.69) is 5.16 Å². The number of carbonyl (C=O) groups is 2. The van der Waals surface area contributed by atoms with Crippen LogP contribution in [0.3, 0.4) is 0 Å². The van der Waals surface area contributed by atoms with Crippen molar-refractivity contribution in [2.75, 3.05) is 7.11 Å². The summed E-state index contributed by atoms with van der Waals surface area (Å²) in [6, 6.07) is 6.83. The van der Waals surface area contributed by atoms with Gasteiger partial charge < -0.3 is 14.0 Å². The highest BCUT2D eigenvalue weighted by Crippen LogP contribution is 2.36. The van der Waals surface area contributed by atoms with Crippen molar-refractivity contribution in [2.24, 2.45) is 0 Å². The zero-order valence-electron chi connectivity index (χ0n) is 15.5. The third-order valence-electron chi connectivity index (χ3n) is 4.07. The van der Waals surface area contributed by atoms with Crippen LogP contribution in [0.2, 0.25) is 0 Å². The highest BCUT2D eigenvalue weighted by Gasteiger charge is 2.41. The summed E-state index contributed by atoms with van der Waals surface area (Å²) in [6.45, 7) is 7.05. The lowest BCUT2D eigenvalue weighted by atomic mass is 9.97. The maximum absolute atomic E-state index is 13.1. The molecule has 7 nitrogen and oxygen atoms in total. The van der Waals surface area contributed by atoms with E-state index in [1.54, 1.807) is 46.9 Å². The van der Waals surface area contributed by atoms with Crippen LogP contribution in [0.25, 0.3) is 11.3 Å². The number of benzene rings is 1. The molecule has 0 spiro atoms. The second kappa shape index (κ2) is 6.48. The fraction of sp³-hybridized carbons (Fsp3) is 0.421. The van der Waals surface area contributed by atoms with Crippen LogP contribution in [-0.4, -0.2) is 40.8 Å². The molecule has 2 amide bonds. The molecule has 0 bridgehead atoms. The van der Waals surface area contributed by atoms with Crippen LogP contribution in [-0.2, 0) is 11.2 Å². The second-order valence-corrected chi connectivity index (χ2v) is 7.24. The van der Waals surface area contributed by atoms with Gasteiger partial charge in [0.15, 0.2) is 5.76 Å². The molecule has 1 aromatic carbocycles. The molecule has 1 atom stereocenters. The molecule has 0 saturated heterocycles. The Morgan fingerprint density at radius 2 is 2.00 bits per heavy atom. The lowest BCUT2D eigenvalue weighted by molar-refractivity contribution is 0.0158. The molecule has 26 heavy (non-hydrogen) atoms. The minimum Gasteiger partial charge on any atom is -0.496 e. The summed E-state index contributed by atoms with van der Waals surface area (Å²) in [5.74, 6) is 0.553. The number of carbonyl (C=O) groups excluding carboxylic acids is 2. The largest absolute Gasteiger partial charge is 0.496 e. The normalized spacial score (nSPS) is 17.0. The van der Waals surface area contributed by atoms with Crippen LogP contribution in [0.1, 0.15) is 43.8 Å². The molecule has 7 heteroatoms. The molecule has 1 unspecified atom stereocenters. The van der Waals surface area contributed by atoms with Gasteiger partial charge in [0.25, 0.3) is 5.91 Å². The number of hydrogen-bond acceptors (Lipinski definition) is 6. The molecular weight excluding hydrogens is 336 g/mol. The molecule has 1 aliphatic rings. The molecule has 0 aliphatic carbocycles. The number of fused-ring (bicyclic) bond motifs is 1. The van der Waals surface area contributed by atoms with Gasteiger partial charge in [0.2, 0.25) is 0 Å². The van der Waals surface area contributed by atoms with Gasteiger partial charge in [0, 0.05) is 18.0 Å². The molecule has 1 aliphatic heterocycles. The average Bonchev–Trinajstić information content (AvgIpc) is 2.96. The van der Waals surface area contributed by atoms with Crippen LogP contribution in [0.4, 0.5) is 4.79 Å². The average molecular weight is 358 g/mol. The molecule has 2 heterocycles. The van der Waals surface area contributed by atoms with Crippen molar-refractivity contribution in [1.29, 1.82) is 0 Å². The van der Waals surface area contributed by atoms with E-state index in [-0.39, 0.29) is 11.6 Å². The van der Waals surface area contributed by atoms with E-state index >= 15 is 0 Å². The maximum atomic E-state index is 13.1. The molecule has 0 N–H and O–H groups in total. The minimum absolute atomic E-state index is 0.276. The number of rotatable bonds is 2. The summed E-state index contributed by atoms with van der Waals surface area (Å²) in [5.41, 5.74) is 0.575. The zero-order chi connectivity index (χ0) is 19.1. The molecule has 1 aromatic heterocycles. The lowest BCUT2D eigenvalue weighted by Crippen LogP contribution is -2.49. The monoisotopic (exact) mass is 358 g/mol. The van der Waals surface area contributed by atoms with Gasteiger partial charge >= 0.3 is 6.09 Å². The van der Waals surface area contributed by atoms with E-state index in [1.807, 2.05) is 12.1 Å². The Bertz CT molecular complexity index is 850. The third-order valence-corrected chi connectivity index (χ3v) is 4.07. The number of amides is 2. The number of imide groups is 1. The van der Waals surface area contributed by atoms with Crippen molar-refractivity contribution in [3.05, 3.63) is 35.6 Å². The van der Waals surface area contributed by atoms with Crippen molar-refractivity contribution >= 4 is 12.0 Å². The summed E-state index contributed by atoms with van der Waals surface area (Å²) in [7, 11) is 1.54. The van der Waals surface area contributed by atoms with Crippen molar-refractivity contribution in [3.8, 4) is 17.0 Å². The van der Waals surface area contributed by atoms with Gasteiger partial charge in [-0.2, -0.15) is 0 Å². The van der Waals surface area contributed by atoms with Gasteiger partial charge in [-0.15, -0.1) is 0 Å². The van der Waals surface area contributed by atoms with E-state index in [0.717, 1.165) is 4.90 Å². The summed E-state index contributed by atoms with van der Waals surface area (Å²) in [6.07, 6.45) is -0.296. The first kappa shape index (κ1) is 18.0. The Morgan fingerprint density at radius 3 is 2.65 bits per heavy atom. The van der Waals surface area contributed by atoms with E-state index in [0.29, 0.717) is 29.2 Å². The fourth-order valence-corrected chi connectivity index (χ4v) is 2.96. The topological polar surface area (TPSA) is 81.9 Å². The van der Waals surface area contributed by atoms with Crippen LogP contribution in [0, 0.1) is 0 Å². The molecule has 0 saturated carbocycles. The van der Waals surface area contributed by atoms with Crippen LogP contribution < -0.4 is 4.74 Å². The Balaban J connectivity index is 2.04. The summed E-state index contributed by atoms with van der Waals surface area (Å²) < 4.78 is 16.2. The number of ether oxygens (including phenoxy) is 2. The Labute approximate surface area is 151 Å².